The highest BCUT2D eigenvalue weighted by atomic mass is 16.5. The van der Waals surface area contributed by atoms with Gasteiger partial charge in [0.2, 0.25) is 0 Å². The molecule has 0 aliphatic carbocycles. The minimum absolute atomic E-state index is 0.139. The summed E-state index contributed by atoms with van der Waals surface area (Å²) < 4.78 is 5.85. The molecule has 0 aromatic heterocycles. The third-order valence-electron chi connectivity index (χ3n) is 8.18. The van der Waals surface area contributed by atoms with Gasteiger partial charge in [-0.3, -0.25) is 0 Å². The third kappa shape index (κ3) is 48.2. The first-order valence-electron chi connectivity index (χ1n) is 19.6. The summed E-state index contributed by atoms with van der Waals surface area (Å²) in [6, 6.07) is 0. The number of allylic oxidation sites excluding steroid dienone is 4. The second kappa shape index (κ2) is 46.7. The molecule has 4 heteroatoms. The third-order valence-corrected chi connectivity index (χ3v) is 8.18. The second-order valence-corrected chi connectivity index (χ2v) is 12.7. The van der Waals surface area contributed by atoms with E-state index in [0.717, 1.165) is 13.2 Å². The zero-order chi connectivity index (χ0) is 32.3. The molecule has 0 heterocycles. The monoisotopic (exact) mass is 624 g/mol. The number of ether oxygens (including phenoxy) is 1. The van der Waals surface area contributed by atoms with Gasteiger partial charge in [-0.05, 0) is 64.2 Å². The van der Waals surface area contributed by atoms with E-state index in [1.165, 1.54) is 180 Å². The molecule has 44 heavy (non-hydrogen) atoms. The Morgan fingerprint density at radius 3 is 0.955 bits per heavy atom. The van der Waals surface area contributed by atoms with Crippen molar-refractivity contribution in [1.29, 1.82) is 0 Å². The number of hydrogen-bond donors (Lipinski definition) is 3. The van der Waals surface area contributed by atoms with Crippen molar-refractivity contribution in [2.75, 3.05) is 39.5 Å². The van der Waals surface area contributed by atoms with Gasteiger partial charge in [0.1, 0.15) is 0 Å². The lowest BCUT2D eigenvalue weighted by Crippen LogP contribution is -2.21. The molecular formula is C40H81NO3. The van der Waals surface area contributed by atoms with Crippen LogP contribution in [0.5, 0.6) is 0 Å². The van der Waals surface area contributed by atoms with Gasteiger partial charge >= 0.3 is 0 Å². The van der Waals surface area contributed by atoms with E-state index in [1.54, 1.807) is 0 Å². The molecule has 0 amide bonds. The molecule has 0 rings (SSSR count). The quantitative estimate of drug-likeness (QED) is 0.0480. The fraction of sp³-hybridized carbons (Fsp3) is 0.900. The van der Waals surface area contributed by atoms with E-state index in [-0.39, 0.29) is 13.2 Å². The van der Waals surface area contributed by atoms with E-state index < -0.39 is 0 Å². The van der Waals surface area contributed by atoms with Crippen molar-refractivity contribution in [3.8, 4) is 0 Å². The topological polar surface area (TPSA) is 61.7 Å². The highest BCUT2D eigenvalue weighted by Crippen LogP contribution is 2.12. The molecule has 0 aliphatic rings. The van der Waals surface area contributed by atoms with Crippen LogP contribution in [0.4, 0.5) is 0 Å². The van der Waals surface area contributed by atoms with Crippen molar-refractivity contribution < 1.29 is 14.9 Å². The average molecular weight is 624 g/mol. The van der Waals surface area contributed by atoms with Gasteiger partial charge in [-0.15, -0.1) is 0 Å². The molecule has 0 saturated heterocycles. The lowest BCUT2D eigenvalue weighted by molar-refractivity contribution is 0.125. The van der Waals surface area contributed by atoms with Crippen molar-refractivity contribution in [2.45, 2.75) is 194 Å². The predicted molar refractivity (Wildman–Crippen MR) is 197 cm³/mol. The van der Waals surface area contributed by atoms with Gasteiger partial charge in [0, 0.05) is 26.3 Å². The van der Waals surface area contributed by atoms with E-state index in [2.05, 4.69) is 43.5 Å². The summed E-state index contributed by atoms with van der Waals surface area (Å²) in [5.74, 6) is 0. The molecule has 0 unspecified atom stereocenters. The number of aliphatic hydroxyl groups is 2. The highest BCUT2D eigenvalue weighted by Gasteiger charge is 1.95. The Kier molecular flexibility index (Phi) is 48.3. The number of unbranched alkanes of at least 4 members (excludes halogenated alkanes) is 24. The smallest absolute Gasteiger partial charge is 0.0555 e. The summed E-state index contributed by atoms with van der Waals surface area (Å²) in [5.41, 5.74) is 0. The van der Waals surface area contributed by atoms with Crippen LogP contribution in [0.3, 0.4) is 0 Å². The molecule has 264 valence electrons. The standard InChI is InChI=1S/C36H70O.C4H11NO2/c1-3-5-7-9-11-13-15-17-19-21-23-25-27-29-31-33-35-37-36-34-32-30-28-26-24-22-20-18-16-14-12-10-8-6-4-2;6-3-1-5-2-4-7/h17-20H,3-16,21-36H2,1-2H3;5-7H,1-4H2. The molecule has 0 saturated carbocycles. The highest BCUT2D eigenvalue weighted by molar-refractivity contribution is 4.82. The minimum Gasteiger partial charge on any atom is -0.395 e. The Hall–Kier alpha value is -0.680. The van der Waals surface area contributed by atoms with Crippen molar-refractivity contribution in [3.05, 3.63) is 24.3 Å². The lowest BCUT2D eigenvalue weighted by atomic mass is 10.1. The van der Waals surface area contributed by atoms with Crippen LogP contribution in [0.15, 0.2) is 24.3 Å². The van der Waals surface area contributed by atoms with Crippen molar-refractivity contribution in [3.63, 3.8) is 0 Å². The molecular weight excluding hydrogens is 542 g/mol. The van der Waals surface area contributed by atoms with E-state index in [0.29, 0.717) is 13.1 Å². The number of nitrogens with one attached hydrogen (secondary N) is 1. The lowest BCUT2D eigenvalue weighted by Gasteiger charge is -2.05. The van der Waals surface area contributed by atoms with Crippen LogP contribution < -0.4 is 5.32 Å². The van der Waals surface area contributed by atoms with E-state index >= 15 is 0 Å². The minimum atomic E-state index is 0.139. The van der Waals surface area contributed by atoms with Crippen molar-refractivity contribution in [2.24, 2.45) is 0 Å². The summed E-state index contributed by atoms with van der Waals surface area (Å²) in [5, 5.41) is 19.1. The van der Waals surface area contributed by atoms with Gasteiger partial charge in [0.25, 0.3) is 0 Å². The van der Waals surface area contributed by atoms with Crippen molar-refractivity contribution >= 4 is 0 Å². The summed E-state index contributed by atoms with van der Waals surface area (Å²) in [4.78, 5) is 0. The van der Waals surface area contributed by atoms with Gasteiger partial charge in [-0.2, -0.15) is 0 Å². The van der Waals surface area contributed by atoms with Crippen LogP contribution in [0.2, 0.25) is 0 Å². The van der Waals surface area contributed by atoms with Gasteiger partial charge in [0.15, 0.2) is 0 Å². The normalized spacial score (nSPS) is 11.5. The van der Waals surface area contributed by atoms with E-state index in [1.807, 2.05) is 0 Å². The molecule has 0 aromatic carbocycles. The number of rotatable bonds is 36. The van der Waals surface area contributed by atoms with Gasteiger partial charge in [-0.1, -0.05) is 154 Å². The Balaban J connectivity index is 0. The van der Waals surface area contributed by atoms with Crippen LogP contribution in [0, 0.1) is 0 Å². The first kappa shape index (κ1) is 45.4. The Labute approximate surface area is 277 Å². The predicted octanol–water partition coefficient (Wildman–Crippen LogP) is 11.6. The van der Waals surface area contributed by atoms with E-state index in [9.17, 15) is 0 Å². The van der Waals surface area contributed by atoms with Gasteiger partial charge in [0.05, 0.1) is 13.2 Å². The first-order valence-corrected chi connectivity index (χ1v) is 19.6. The van der Waals surface area contributed by atoms with Crippen molar-refractivity contribution in [1.82, 2.24) is 5.32 Å². The molecule has 0 fully saturated rings. The van der Waals surface area contributed by atoms with Crippen LogP contribution >= 0.6 is 0 Å². The van der Waals surface area contributed by atoms with Crippen LogP contribution in [-0.4, -0.2) is 49.7 Å². The largest absolute Gasteiger partial charge is 0.395 e. The van der Waals surface area contributed by atoms with Gasteiger partial charge in [-0.25, -0.2) is 0 Å². The van der Waals surface area contributed by atoms with Gasteiger partial charge < -0.3 is 20.3 Å². The average Bonchev–Trinajstić information content (AvgIpc) is 3.04. The SMILES string of the molecule is CCCCCCCCC=CCCCCCCCCOCCCCCCCCC=CCCCCCCCC.OCCNCCO. The molecule has 3 N–H and O–H groups in total. The second-order valence-electron chi connectivity index (χ2n) is 12.7. The zero-order valence-corrected chi connectivity index (χ0v) is 30.2. The molecule has 0 bridgehead atoms. The molecule has 0 spiro atoms. The molecule has 0 atom stereocenters. The molecule has 0 radical (unpaired) electrons. The molecule has 0 aromatic rings. The summed E-state index contributed by atoms with van der Waals surface area (Å²) in [6.45, 7) is 7.96. The summed E-state index contributed by atoms with van der Waals surface area (Å²) in [7, 11) is 0. The van der Waals surface area contributed by atoms with Crippen LogP contribution in [0.25, 0.3) is 0 Å². The Morgan fingerprint density at radius 2 is 0.659 bits per heavy atom. The molecule has 4 nitrogen and oxygen atoms in total. The maximum atomic E-state index is 8.15. The number of hydrogen-bond acceptors (Lipinski definition) is 4. The maximum Gasteiger partial charge on any atom is 0.0555 e. The summed E-state index contributed by atoms with van der Waals surface area (Å²) >= 11 is 0. The number of aliphatic hydroxyl groups excluding tert-OH is 2. The van der Waals surface area contributed by atoms with E-state index in [4.69, 9.17) is 14.9 Å². The zero-order valence-electron chi connectivity index (χ0n) is 30.2. The first-order chi connectivity index (χ1) is 21.8. The Morgan fingerprint density at radius 1 is 0.386 bits per heavy atom. The fourth-order valence-electron chi connectivity index (χ4n) is 5.29. The Bertz CT molecular complexity index is 479. The summed E-state index contributed by atoms with van der Waals surface area (Å²) in [6.07, 6.45) is 48.1. The fourth-order valence-corrected chi connectivity index (χ4v) is 5.29. The van der Waals surface area contributed by atoms with Crippen LogP contribution in [0.1, 0.15) is 194 Å². The molecule has 0 aliphatic heterocycles. The maximum absolute atomic E-state index is 8.15. The van der Waals surface area contributed by atoms with Crippen LogP contribution in [-0.2, 0) is 4.74 Å².